The maximum Gasteiger partial charge on any atom is 0.255 e. The van der Waals surface area contributed by atoms with E-state index in [-0.39, 0.29) is 11.5 Å². The molecule has 0 atom stereocenters. The summed E-state index contributed by atoms with van der Waals surface area (Å²) < 4.78 is 8.13. The molecular weight excluding hydrogens is 382 g/mol. The lowest BCUT2D eigenvalue weighted by atomic mass is 10.1. The van der Waals surface area contributed by atoms with Crippen LogP contribution in [0.25, 0.3) is 0 Å². The Morgan fingerprint density at radius 1 is 0.967 bits per heavy atom. The van der Waals surface area contributed by atoms with E-state index in [0.717, 1.165) is 64.0 Å². The van der Waals surface area contributed by atoms with Crippen molar-refractivity contribution >= 4 is 5.91 Å². The first kappa shape index (κ1) is 21.5. The second kappa shape index (κ2) is 10.5. The van der Waals surface area contributed by atoms with E-state index >= 15 is 0 Å². The number of nitrogens with one attached hydrogen (secondary N) is 2. The highest BCUT2D eigenvalue weighted by Crippen LogP contribution is 2.19. The molecule has 1 aromatic rings. The summed E-state index contributed by atoms with van der Waals surface area (Å²) in [5, 5.41) is 6.23. The van der Waals surface area contributed by atoms with Crippen molar-refractivity contribution < 1.29 is 9.53 Å². The van der Waals surface area contributed by atoms with E-state index in [0.29, 0.717) is 44.9 Å². The molecule has 8 heteroatoms. The van der Waals surface area contributed by atoms with Gasteiger partial charge in [0.2, 0.25) is 5.91 Å². The molecule has 0 radical (unpaired) electrons. The lowest BCUT2D eigenvalue weighted by Crippen LogP contribution is -2.45. The summed E-state index contributed by atoms with van der Waals surface area (Å²) in [7, 11) is 0. The third-order valence-corrected chi connectivity index (χ3v) is 6.51. The highest BCUT2D eigenvalue weighted by molar-refractivity contribution is 5.76. The number of likely N-dealkylation sites (tertiary alicyclic amines) is 1. The number of nitrogens with zero attached hydrogens (tertiary/aromatic N) is 3. The van der Waals surface area contributed by atoms with Crippen molar-refractivity contribution in [2.75, 3.05) is 45.9 Å². The van der Waals surface area contributed by atoms with Crippen LogP contribution in [0.4, 0.5) is 0 Å². The number of amides is 1. The molecule has 1 aromatic heterocycles. The van der Waals surface area contributed by atoms with Gasteiger partial charge in [-0.3, -0.25) is 14.5 Å². The third kappa shape index (κ3) is 5.91. The minimum Gasteiger partial charge on any atom is -0.375 e. The summed E-state index contributed by atoms with van der Waals surface area (Å²) in [6.45, 7) is 7.63. The fourth-order valence-electron chi connectivity index (χ4n) is 4.61. The largest absolute Gasteiger partial charge is 0.375 e. The second-order valence-electron chi connectivity index (χ2n) is 8.72. The highest BCUT2D eigenvalue weighted by Gasteiger charge is 2.24. The number of aromatic nitrogens is 1. The summed E-state index contributed by atoms with van der Waals surface area (Å²) in [5.74, 6) is 0.0849. The van der Waals surface area contributed by atoms with Crippen LogP contribution in [0.1, 0.15) is 37.7 Å². The molecule has 3 aliphatic rings. The van der Waals surface area contributed by atoms with Crippen molar-refractivity contribution in [1.29, 1.82) is 0 Å². The van der Waals surface area contributed by atoms with Crippen molar-refractivity contribution in [2.45, 2.75) is 57.4 Å². The molecule has 3 aliphatic heterocycles. The Kier molecular flexibility index (Phi) is 7.54. The van der Waals surface area contributed by atoms with Gasteiger partial charge in [0.25, 0.3) is 5.56 Å². The molecule has 1 amide bonds. The zero-order valence-electron chi connectivity index (χ0n) is 17.9. The fourth-order valence-corrected chi connectivity index (χ4v) is 4.61. The molecule has 30 heavy (non-hydrogen) atoms. The molecular formula is C22H35N5O3. The number of carbonyl (C=O) groups excluding carboxylic acids is 1. The van der Waals surface area contributed by atoms with Crippen LogP contribution in [0.2, 0.25) is 0 Å². The van der Waals surface area contributed by atoms with Crippen LogP contribution < -0.4 is 16.2 Å². The Morgan fingerprint density at radius 3 is 2.47 bits per heavy atom. The summed E-state index contributed by atoms with van der Waals surface area (Å²) >= 11 is 0. The zero-order chi connectivity index (χ0) is 20.8. The Balaban J connectivity index is 1.22. The molecule has 4 rings (SSSR count). The molecule has 0 spiro atoms. The fraction of sp³-hybridized carbons (Fsp3) is 0.727. The van der Waals surface area contributed by atoms with Crippen LogP contribution in [0.3, 0.4) is 0 Å². The minimum absolute atomic E-state index is 0.0820. The quantitative estimate of drug-likeness (QED) is 0.667. The molecule has 3 saturated heterocycles. The van der Waals surface area contributed by atoms with Crippen LogP contribution >= 0.6 is 0 Å². The standard InChI is InChI=1S/C22H35N5O3/c28-21-7-13-26(17-24-21)16-18-2-1-10-27(22(18)29)15-14-25-11-5-20(6-12-25)30-19-3-8-23-9-4-19/h1-2,10,19-20,23H,3-9,11-17H2,(H,24,28). The number of ether oxygens (including phenoxy) is 1. The first-order chi connectivity index (χ1) is 14.7. The van der Waals surface area contributed by atoms with Gasteiger partial charge in [0, 0.05) is 57.4 Å². The smallest absolute Gasteiger partial charge is 0.255 e. The second-order valence-corrected chi connectivity index (χ2v) is 8.72. The molecule has 3 fully saturated rings. The SMILES string of the molecule is O=C1CCN(Cc2cccn(CCN3CCC(OC4CCNCC4)CC3)c2=O)CN1. The van der Waals surface area contributed by atoms with Gasteiger partial charge in [-0.15, -0.1) is 0 Å². The van der Waals surface area contributed by atoms with E-state index in [2.05, 4.69) is 20.4 Å². The average molecular weight is 418 g/mol. The van der Waals surface area contributed by atoms with E-state index in [1.54, 1.807) is 0 Å². The normalized spacial score (nSPS) is 22.9. The van der Waals surface area contributed by atoms with E-state index in [1.807, 2.05) is 22.9 Å². The summed E-state index contributed by atoms with van der Waals surface area (Å²) in [4.78, 5) is 28.7. The first-order valence-corrected chi connectivity index (χ1v) is 11.4. The van der Waals surface area contributed by atoms with Gasteiger partial charge in [-0.25, -0.2) is 0 Å². The van der Waals surface area contributed by atoms with Crippen molar-refractivity contribution in [3.05, 3.63) is 34.2 Å². The van der Waals surface area contributed by atoms with Gasteiger partial charge in [0.1, 0.15) is 0 Å². The van der Waals surface area contributed by atoms with Gasteiger partial charge in [-0.1, -0.05) is 6.07 Å². The van der Waals surface area contributed by atoms with E-state index < -0.39 is 0 Å². The van der Waals surface area contributed by atoms with Crippen LogP contribution in [0, 0.1) is 0 Å². The van der Waals surface area contributed by atoms with E-state index in [9.17, 15) is 9.59 Å². The van der Waals surface area contributed by atoms with Crippen molar-refractivity contribution in [2.24, 2.45) is 0 Å². The Hall–Kier alpha value is -1.74. The van der Waals surface area contributed by atoms with Gasteiger partial charge in [0.05, 0.1) is 18.9 Å². The van der Waals surface area contributed by atoms with E-state index in [1.165, 1.54) is 0 Å². The summed E-state index contributed by atoms with van der Waals surface area (Å²) in [6.07, 6.45) is 7.62. The van der Waals surface area contributed by atoms with Crippen LogP contribution in [-0.4, -0.2) is 78.4 Å². The number of rotatable bonds is 7. The van der Waals surface area contributed by atoms with Gasteiger partial charge in [0.15, 0.2) is 0 Å². The monoisotopic (exact) mass is 417 g/mol. The number of hydrogen-bond acceptors (Lipinski definition) is 6. The van der Waals surface area contributed by atoms with Gasteiger partial charge in [-0.2, -0.15) is 0 Å². The molecule has 0 aromatic carbocycles. The maximum atomic E-state index is 12.9. The van der Waals surface area contributed by atoms with Gasteiger partial charge in [-0.05, 0) is 44.8 Å². The Bertz CT molecular complexity index is 743. The summed E-state index contributed by atoms with van der Waals surface area (Å²) in [6, 6.07) is 3.86. The average Bonchev–Trinajstić information content (AvgIpc) is 2.78. The molecule has 0 unspecified atom stereocenters. The minimum atomic E-state index is 0.0820. The molecule has 0 aliphatic carbocycles. The first-order valence-electron chi connectivity index (χ1n) is 11.4. The predicted octanol–water partition coefficient (Wildman–Crippen LogP) is 0.361. The summed E-state index contributed by atoms with van der Waals surface area (Å²) in [5.41, 5.74) is 0.876. The highest BCUT2D eigenvalue weighted by atomic mass is 16.5. The molecule has 4 heterocycles. The molecule has 0 saturated carbocycles. The van der Waals surface area contributed by atoms with Crippen LogP contribution in [-0.2, 0) is 22.6 Å². The van der Waals surface area contributed by atoms with Crippen LogP contribution in [0.5, 0.6) is 0 Å². The number of carbonyl (C=O) groups is 1. The Morgan fingerprint density at radius 2 is 1.73 bits per heavy atom. The lowest BCUT2D eigenvalue weighted by Gasteiger charge is -2.35. The topological polar surface area (TPSA) is 78.8 Å². The van der Waals surface area contributed by atoms with Crippen molar-refractivity contribution in [3.8, 4) is 0 Å². The molecule has 0 bridgehead atoms. The predicted molar refractivity (Wildman–Crippen MR) is 115 cm³/mol. The third-order valence-electron chi connectivity index (χ3n) is 6.51. The van der Waals surface area contributed by atoms with E-state index in [4.69, 9.17) is 4.74 Å². The Labute approximate surface area is 178 Å². The molecule has 2 N–H and O–H groups in total. The van der Waals surface area contributed by atoms with Crippen molar-refractivity contribution in [1.82, 2.24) is 25.0 Å². The number of pyridine rings is 1. The lowest BCUT2D eigenvalue weighted by molar-refractivity contribution is -0.124. The molecule has 166 valence electrons. The van der Waals surface area contributed by atoms with Crippen LogP contribution in [0.15, 0.2) is 23.1 Å². The number of piperidine rings is 2. The maximum absolute atomic E-state index is 12.9. The van der Waals surface area contributed by atoms with Gasteiger partial charge < -0.3 is 24.8 Å². The number of hydrogen-bond donors (Lipinski definition) is 2. The molecule has 8 nitrogen and oxygen atoms in total. The van der Waals surface area contributed by atoms with Crippen molar-refractivity contribution in [3.63, 3.8) is 0 Å². The zero-order valence-corrected chi connectivity index (χ0v) is 17.9. The van der Waals surface area contributed by atoms with Gasteiger partial charge >= 0.3 is 0 Å².